The van der Waals surface area contributed by atoms with Gasteiger partial charge in [0.2, 0.25) is 0 Å². The second-order valence-corrected chi connectivity index (χ2v) is 7.04. The maximum atomic E-state index is 13.0. The van der Waals surface area contributed by atoms with Crippen LogP contribution in [0.3, 0.4) is 0 Å². The first-order chi connectivity index (χ1) is 12.2. The summed E-state index contributed by atoms with van der Waals surface area (Å²) in [6.07, 6.45) is 0. The minimum atomic E-state index is 0.0813. The number of ether oxygens (including phenoxy) is 2. The minimum Gasteiger partial charge on any atom is -0.497 e. The second kappa shape index (κ2) is 6.69. The van der Waals surface area contributed by atoms with Crippen molar-refractivity contribution in [1.82, 2.24) is 14.8 Å². The average molecular weight is 343 g/mol. The highest BCUT2D eigenvalue weighted by molar-refractivity contribution is 5.98. The van der Waals surface area contributed by atoms with Crippen molar-refractivity contribution < 1.29 is 14.3 Å². The highest BCUT2D eigenvalue weighted by atomic mass is 16.5. The molecule has 2 aliphatic rings. The van der Waals surface area contributed by atoms with Crippen LogP contribution < -0.4 is 4.74 Å². The number of nitrogens with zero attached hydrogens (tertiary/aromatic N) is 2. The highest BCUT2D eigenvalue weighted by Gasteiger charge is 2.37. The molecule has 6 nitrogen and oxygen atoms in total. The summed E-state index contributed by atoms with van der Waals surface area (Å²) in [5, 5.41) is 1.03. The Kier molecular flexibility index (Phi) is 4.39. The zero-order valence-corrected chi connectivity index (χ0v) is 14.8. The molecule has 2 atom stereocenters. The Balaban J connectivity index is 1.51. The van der Waals surface area contributed by atoms with E-state index in [1.54, 1.807) is 7.11 Å². The van der Waals surface area contributed by atoms with Gasteiger partial charge in [0, 0.05) is 49.2 Å². The van der Waals surface area contributed by atoms with Gasteiger partial charge in [0.15, 0.2) is 0 Å². The molecular weight excluding hydrogens is 318 g/mol. The summed E-state index contributed by atoms with van der Waals surface area (Å²) in [6.45, 7) is 7.34. The van der Waals surface area contributed by atoms with Gasteiger partial charge in [-0.3, -0.25) is 9.69 Å². The molecule has 4 rings (SSSR count). The van der Waals surface area contributed by atoms with Crippen molar-refractivity contribution in [1.29, 1.82) is 0 Å². The van der Waals surface area contributed by atoms with Gasteiger partial charge in [-0.2, -0.15) is 0 Å². The van der Waals surface area contributed by atoms with Crippen molar-refractivity contribution in [2.24, 2.45) is 5.92 Å². The Hall–Kier alpha value is -2.05. The molecule has 6 heteroatoms. The first-order valence-corrected chi connectivity index (χ1v) is 8.93. The molecule has 2 aromatic rings. The van der Waals surface area contributed by atoms with E-state index in [0.29, 0.717) is 17.7 Å². The lowest BCUT2D eigenvalue weighted by atomic mass is 10.0. The molecule has 0 unspecified atom stereocenters. The fourth-order valence-electron chi connectivity index (χ4n) is 4.02. The third-order valence-corrected chi connectivity index (χ3v) is 5.43. The number of carbonyl (C=O) groups is 1. The molecule has 2 saturated heterocycles. The molecule has 1 N–H and O–H groups in total. The number of fused-ring (bicyclic) bond motifs is 1. The molecule has 0 bridgehead atoms. The lowest BCUT2D eigenvalue weighted by molar-refractivity contribution is 0.0119. The maximum absolute atomic E-state index is 13.0. The number of rotatable bonds is 3. The molecule has 3 heterocycles. The van der Waals surface area contributed by atoms with Gasteiger partial charge in [-0.25, -0.2) is 0 Å². The first-order valence-electron chi connectivity index (χ1n) is 8.93. The van der Waals surface area contributed by atoms with Gasteiger partial charge < -0.3 is 19.4 Å². The average Bonchev–Trinajstić information content (AvgIpc) is 3.24. The summed E-state index contributed by atoms with van der Waals surface area (Å²) in [7, 11) is 1.65. The van der Waals surface area contributed by atoms with E-state index >= 15 is 0 Å². The number of likely N-dealkylation sites (tertiary alicyclic amines) is 1. The van der Waals surface area contributed by atoms with Crippen LogP contribution in [0.1, 0.15) is 17.4 Å². The van der Waals surface area contributed by atoms with E-state index in [4.69, 9.17) is 9.47 Å². The Bertz CT molecular complexity index is 766. The molecule has 25 heavy (non-hydrogen) atoms. The van der Waals surface area contributed by atoms with E-state index in [0.717, 1.165) is 56.0 Å². The Labute approximate surface area is 147 Å². The van der Waals surface area contributed by atoms with Gasteiger partial charge in [0.1, 0.15) is 11.4 Å². The van der Waals surface area contributed by atoms with Crippen LogP contribution in [0.25, 0.3) is 10.9 Å². The van der Waals surface area contributed by atoms with Gasteiger partial charge in [-0.05, 0) is 24.1 Å². The van der Waals surface area contributed by atoms with Crippen LogP contribution in [0.2, 0.25) is 0 Å². The molecule has 134 valence electrons. The summed E-state index contributed by atoms with van der Waals surface area (Å²) in [6, 6.07) is 8.18. The topological polar surface area (TPSA) is 57.8 Å². The lowest BCUT2D eigenvalue weighted by Crippen LogP contribution is -2.47. The number of benzene rings is 1. The summed E-state index contributed by atoms with van der Waals surface area (Å²) in [5.74, 6) is 1.35. The van der Waals surface area contributed by atoms with E-state index in [1.165, 1.54) is 0 Å². The van der Waals surface area contributed by atoms with Crippen LogP contribution in [0.4, 0.5) is 0 Å². The molecule has 0 aliphatic carbocycles. The predicted octanol–water partition coefficient (Wildman–Crippen LogP) is 1.97. The minimum absolute atomic E-state index is 0.0813. The van der Waals surface area contributed by atoms with Crippen molar-refractivity contribution in [3.8, 4) is 5.75 Å². The number of amides is 1. The van der Waals surface area contributed by atoms with Gasteiger partial charge in [-0.15, -0.1) is 0 Å². The maximum Gasteiger partial charge on any atom is 0.270 e. The number of hydrogen-bond acceptors (Lipinski definition) is 4. The van der Waals surface area contributed by atoms with Crippen molar-refractivity contribution in [2.75, 3.05) is 46.5 Å². The van der Waals surface area contributed by atoms with E-state index in [9.17, 15) is 4.79 Å². The molecule has 2 fully saturated rings. The van der Waals surface area contributed by atoms with E-state index in [2.05, 4.69) is 16.8 Å². The number of H-pyrrole nitrogens is 1. The Morgan fingerprint density at radius 1 is 1.24 bits per heavy atom. The number of methoxy groups -OCH3 is 1. The Morgan fingerprint density at radius 2 is 2.04 bits per heavy atom. The molecule has 1 aromatic carbocycles. The number of aromatic amines is 1. The van der Waals surface area contributed by atoms with Crippen LogP contribution in [0, 0.1) is 5.92 Å². The fourth-order valence-corrected chi connectivity index (χ4v) is 4.02. The normalized spacial score (nSPS) is 24.8. The van der Waals surface area contributed by atoms with Crippen LogP contribution in [-0.2, 0) is 4.74 Å². The number of hydrogen-bond donors (Lipinski definition) is 1. The summed E-state index contributed by atoms with van der Waals surface area (Å²) in [5.41, 5.74) is 1.58. The predicted molar refractivity (Wildman–Crippen MR) is 96.1 cm³/mol. The SMILES string of the molecule is COc1ccc2cc(C(=O)N3C[C@H](C)[C@@H](N4CCOCC4)C3)[nH]c2c1. The van der Waals surface area contributed by atoms with Gasteiger partial charge in [0.25, 0.3) is 5.91 Å². The molecular formula is C19H25N3O3. The van der Waals surface area contributed by atoms with Gasteiger partial charge in [0.05, 0.1) is 20.3 Å². The van der Waals surface area contributed by atoms with Crippen LogP contribution in [0.15, 0.2) is 24.3 Å². The van der Waals surface area contributed by atoms with Crippen molar-refractivity contribution in [2.45, 2.75) is 13.0 Å². The molecule has 2 aliphatic heterocycles. The third kappa shape index (κ3) is 3.12. The summed E-state index contributed by atoms with van der Waals surface area (Å²) >= 11 is 0. The zero-order chi connectivity index (χ0) is 17.4. The first kappa shape index (κ1) is 16.4. The zero-order valence-electron chi connectivity index (χ0n) is 14.8. The standard InChI is InChI=1S/C19H25N3O3/c1-13-11-22(12-18(13)21-5-7-25-8-6-21)19(23)17-9-14-3-4-15(24-2)10-16(14)20-17/h3-4,9-10,13,18,20H,5-8,11-12H2,1-2H3/t13-,18-/m0/s1. The lowest BCUT2D eigenvalue weighted by Gasteiger charge is -2.33. The molecule has 0 saturated carbocycles. The fraction of sp³-hybridized carbons (Fsp3) is 0.526. The largest absolute Gasteiger partial charge is 0.497 e. The van der Waals surface area contributed by atoms with Crippen LogP contribution >= 0.6 is 0 Å². The Morgan fingerprint density at radius 3 is 2.80 bits per heavy atom. The van der Waals surface area contributed by atoms with Gasteiger partial charge >= 0.3 is 0 Å². The van der Waals surface area contributed by atoms with Gasteiger partial charge in [-0.1, -0.05) is 6.92 Å². The number of morpholine rings is 1. The summed E-state index contributed by atoms with van der Waals surface area (Å²) < 4.78 is 10.7. The molecule has 0 spiro atoms. The van der Waals surface area contributed by atoms with Crippen molar-refractivity contribution in [3.05, 3.63) is 30.0 Å². The number of carbonyl (C=O) groups excluding carboxylic acids is 1. The van der Waals surface area contributed by atoms with Crippen molar-refractivity contribution in [3.63, 3.8) is 0 Å². The van der Waals surface area contributed by atoms with E-state index in [-0.39, 0.29) is 5.91 Å². The number of nitrogens with one attached hydrogen (secondary N) is 1. The van der Waals surface area contributed by atoms with Crippen LogP contribution in [-0.4, -0.2) is 73.2 Å². The van der Waals surface area contributed by atoms with Crippen molar-refractivity contribution >= 4 is 16.8 Å². The van der Waals surface area contributed by atoms with E-state index < -0.39 is 0 Å². The second-order valence-electron chi connectivity index (χ2n) is 7.04. The molecule has 0 radical (unpaired) electrons. The van der Waals surface area contributed by atoms with Crippen LogP contribution in [0.5, 0.6) is 5.75 Å². The third-order valence-electron chi connectivity index (χ3n) is 5.43. The molecule has 1 aromatic heterocycles. The quantitative estimate of drug-likeness (QED) is 0.926. The smallest absolute Gasteiger partial charge is 0.270 e. The summed E-state index contributed by atoms with van der Waals surface area (Å²) in [4.78, 5) is 20.7. The van der Waals surface area contributed by atoms with E-state index in [1.807, 2.05) is 29.2 Å². The highest BCUT2D eigenvalue weighted by Crippen LogP contribution is 2.26. The monoisotopic (exact) mass is 343 g/mol. The molecule has 1 amide bonds. The number of aromatic nitrogens is 1.